The third-order valence-corrected chi connectivity index (χ3v) is 3.51. The normalized spacial score (nSPS) is 13.1. The first kappa shape index (κ1) is 14.7. The summed E-state index contributed by atoms with van der Waals surface area (Å²) >= 11 is 0. The van der Waals surface area contributed by atoms with Crippen LogP contribution in [0.1, 0.15) is 12.5 Å². The average molecular weight is 271 g/mol. The molecule has 5 nitrogen and oxygen atoms in total. The Morgan fingerprint density at radius 3 is 2.56 bits per heavy atom. The van der Waals surface area contributed by atoms with E-state index in [1.54, 1.807) is 25.1 Å². The number of amides is 1. The van der Waals surface area contributed by atoms with Gasteiger partial charge in [-0.2, -0.15) is 0 Å². The number of carbonyl (C=O) groups is 1. The summed E-state index contributed by atoms with van der Waals surface area (Å²) < 4.78 is 23.1. The summed E-state index contributed by atoms with van der Waals surface area (Å²) in [7, 11) is -3.34. The first-order chi connectivity index (χ1) is 8.30. The second-order valence-electron chi connectivity index (χ2n) is 4.21. The largest absolute Gasteiger partial charge is 0.392 e. The van der Waals surface area contributed by atoms with Gasteiger partial charge in [0.15, 0.2) is 9.84 Å². The van der Waals surface area contributed by atoms with E-state index in [4.69, 9.17) is 5.11 Å². The lowest BCUT2D eigenvalue weighted by Gasteiger charge is -2.09. The molecule has 0 aliphatic carbocycles. The number of hydrogen-bond donors (Lipinski definition) is 2. The second-order valence-corrected chi connectivity index (χ2v) is 6.19. The van der Waals surface area contributed by atoms with E-state index < -0.39 is 15.9 Å². The molecule has 0 saturated heterocycles. The van der Waals surface area contributed by atoms with Crippen LogP contribution in [0.15, 0.2) is 29.2 Å². The Balaban J connectivity index is 2.82. The van der Waals surface area contributed by atoms with Crippen molar-refractivity contribution in [2.75, 3.05) is 12.8 Å². The Bertz CT molecular complexity index is 523. The third-order valence-electron chi connectivity index (χ3n) is 2.32. The van der Waals surface area contributed by atoms with Gasteiger partial charge in [0, 0.05) is 12.8 Å². The molecule has 0 bridgehead atoms. The molecule has 1 aromatic rings. The summed E-state index contributed by atoms with van der Waals surface area (Å²) in [6.45, 7) is 1.71. The Hall–Kier alpha value is -1.40. The van der Waals surface area contributed by atoms with Gasteiger partial charge in [0.1, 0.15) is 0 Å². The summed E-state index contributed by atoms with van der Waals surface area (Å²) in [4.78, 5) is 11.7. The molecule has 1 atom stereocenters. The molecule has 1 aromatic carbocycles. The topological polar surface area (TPSA) is 83.5 Å². The van der Waals surface area contributed by atoms with Gasteiger partial charge in [-0.1, -0.05) is 18.2 Å². The predicted molar refractivity (Wildman–Crippen MR) is 67.9 cm³/mol. The third kappa shape index (κ3) is 4.46. The van der Waals surface area contributed by atoms with Gasteiger partial charge in [-0.3, -0.25) is 4.79 Å². The lowest BCUT2D eigenvalue weighted by atomic mass is 10.1. The zero-order chi connectivity index (χ0) is 13.8. The first-order valence-electron chi connectivity index (χ1n) is 5.53. The fourth-order valence-electron chi connectivity index (χ4n) is 1.51. The van der Waals surface area contributed by atoms with Crippen LogP contribution in [0.5, 0.6) is 0 Å². The molecule has 0 spiro atoms. The predicted octanol–water partition coefficient (Wildman–Crippen LogP) is 0.130. The fraction of sp³-hybridized carbons (Fsp3) is 0.417. The quantitative estimate of drug-likeness (QED) is 0.797. The molecule has 18 heavy (non-hydrogen) atoms. The highest BCUT2D eigenvalue weighted by Crippen LogP contribution is 2.15. The summed E-state index contributed by atoms with van der Waals surface area (Å²) in [5, 5.41) is 11.6. The van der Waals surface area contributed by atoms with Crippen LogP contribution in [0.25, 0.3) is 0 Å². The minimum atomic E-state index is -3.34. The van der Waals surface area contributed by atoms with E-state index in [2.05, 4.69) is 5.32 Å². The number of sulfone groups is 1. The minimum Gasteiger partial charge on any atom is -0.392 e. The van der Waals surface area contributed by atoms with Crippen molar-refractivity contribution in [2.24, 2.45) is 0 Å². The number of benzene rings is 1. The molecule has 0 aliphatic heterocycles. The van der Waals surface area contributed by atoms with E-state index >= 15 is 0 Å². The van der Waals surface area contributed by atoms with Crippen LogP contribution < -0.4 is 5.32 Å². The summed E-state index contributed by atoms with van der Waals surface area (Å²) in [6, 6.07) is 6.39. The molecule has 1 rings (SSSR count). The van der Waals surface area contributed by atoms with E-state index in [0.717, 1.165) is 6.26 Å². The molecule has 0 fully saturated rings. The highest BCUT2D eigenvalue weighted by Gasteiger charge is 2.14. The van der Waals surface area contributed by atoms with Crippen LogP contribution in [-0.4, -0.2) is 38.3 Å². The molecular formula is C12H17NO4S. The van der Waals surface area contributed by atoms with Gasteiger partial charge in [0.05, 0.1) is 17.4 Å². The van der Waals surface area contributed by atoms with Gasteiger partial charge < -0.3 is 10.4 Å². The van der Waals surface area contributed by atoms with Gasteiger partial charge in [0.25, 0.3) is 0 Å². The number of hydrogen-bond acceptors (Lipinski definition) is 4. The number of rotatable bonds is 5. The fourth-order valence-corrected chi connectivity index (χ4v) is 2.45. The molecular weight excluding hydrogens is 254 g/mol. The standard InChI is InChI=1S/C12H17NO4S/c1-9(14)8-13-12(15)7-10-5-3-4-6-11(10)18(2,16)17/h3-6,9,14H,7-8H2,1-2H3,(H,13,15). The van der Waals surface area contributed by atoms with Crippen LogP contribution >= 0.6 is 0 Å². The zero-order valence-electron chi connectivity index (χ0n) is 10.4. The number of carbonyl (C=O) groups excluding carboxylic acids is 1. The Labute approximate surface area is 107 Å². The van der Waals surface area contributed by atoms with E-state index in [1.165, 1.54) is 6.07 Å². The summed E-state index contributed by atoms with van der Waals surface area (Å²) in [5.74, 6) is -0.313. The summed E-state index contributed by atoms with van der Waals surface area (Å²) in [6.07, 6.45) is 0.467. The van der Waals surface area contributed by atoms with Gasteiger partial charge in [-0.15, -0.1) is 0 Å². The van der Waals surface area contributed by atoms with Crippen LogP contribution in [0, 0.1) is 0 Å². The van der Waals surface area contributed by atoms with Crippen molar-refractivity contribution >= 4 is 15.7 Å². The summed E-state index contributed by atoms with van der Waals surface area (Å²) in [5.41, 5.74) is 0.461. The molecule has 0 saturated carbocycles. The van der Waals surface area contributed by atoms with Crippen LogP contribution in [-0.2, 0) is 21.1 Å². The maximum atomic E-state index is 11.6. The number of aliphatic hydroxyl groups is 1. The second kappa shape index (κ2) is 5.97. The molecule has 1 amide bonds. The monoisotopic (exact) mass is 271 g/mol. The van der Waals surface area contributed by atoms with E-state index in [9.17, 15) is 13.2 Å². The average Bonchev–Trinajstić information content (AvgIpc) is 2.25. The molecule has 0 aromatic heterocycles. The maximum absolute atomic E-state index is 11.6. The highest BCUT2D eigenvalue weighted by atomic mass is 32.2. The molecule has 0 aliphatic rings. The molecule has 0 heterocycles. The van der Waals surface area contributed by atoms with Crippen LogP contribution in [0.2, 0.25) is 0 Å². The van der Waals surface area contributed by atoms with Crippen molar-refractivity contribution in [1.82, 2.24) is 5.32 Å². The molecule has 6 heteroatoms. The van der Waals surface area contributed by atoms with Crippen molar-refractivity contribution < 1.29 is 18.3 Å². The Kier molecular flexibility index (Phi) is 4.86. The maximum Gasteiger partial charge on any atom is 0.224 e. The molecule has 1 unspecified atom stereocenters. The van der Waals surface area contributed by atoms with E-state index in [1.807, 2.05) is 0 Å². The lowest BCUT2D eigenvalue weighted by Crippen LogP contribution is -2.31. The van der Waals surface area contributed by atoms with Crippen molar-refractivity contribution in [3.63, 3.8) is 0 Å². The number of aliphatic hydroxyl groups excluding tert-OH is 1. The van der Waals surface area contributed by atoms with Crippen molar-refractivity contribution in [2.45, 2.75) is 24.3 Å². The molecule has 2 N–H and O–H groups in total. The van der Waals surface area contributed by atoms with Crippen molar-refractivity contribution in [1.29, 1.82) is 0 Å². The zero-order valence-corrected chi connectivity index (χ0v) is 11.2. The van der Waals surface area contributed by atoms with Gasteiger partial charge in [-0.25, -0.2) is 8.42 Å². The smallest absolute Gasteiger partial charge is 0.224 e. The van der Waals surface area contributed by atoms with Gasteiger partial charge in [0.2, 0.25) is 5.91 Å². The highest BCUT2D eigenvalue weighted by molar-refractivity contribution is 7.90. The Morgan fingerprint density at radius 1 is 1.39 bits per heavy atom. The van der Waals surface area contributed by atoms with Gasteiger partial charge >= 0.3 is 0 Å². The minimum absolute atomic E-state index is 0.0179. The van der Waals surface area contributed by atoms with Gasteiger partial charge in [-0.05, 0) is 18.6 Å². The lowest BCUT2D eigenvalue weighted by molar-refractivity contribution is -0.120. The SMILES string of the molecule is CC(O)CNC(=O)Cc1ccccc1S(C)(=O)=O. The van der Waals surface area contributed by atoms with Crippen molar-refractivity contribution in [3.05, 3.63) is 29.8 Å². The van der Waals surface area contributed by atoms with Crippen LogP contribution in [0.3, 0.4) is 0 Å². The van der Waals surface area contributed by atoms with Crippen LogP contribution in [0.4, 0.5) is 0 Å². The first-order valence-corrected chi connectivity index (χ1v) is 7.42. The van der Waals surface area contributed by atoms with E-state index in [-0.39, 0.29) is 23.8 Å². The van der Waals surface area contributed by atoms with E-state index in [0.29, 0.717) is 5.56 Å². The van der Waals surface area contributed by atoms with Crippen molar-refractivity contribution in [3.8, 4) is 0 Å². The molecule has 0 radical (unpaired) electrons. The Morgan fingerprint density at radius 2 is 2.00 bits per heavy atom. The number of nitrogens with one attached hydrogen (secondary N) is 1. The molecule has 100 valence electrons.